The maximum Gasteiger partial charge on any atom is 0.347 e. The molecule has 4 N–H and O–H groups in total. The molecule has 2 amide bonds. The van der Waals surface area contributed by atoms with Crippen molar-refractivity contribution in [2.24, 2.45) is 16.5 Å². The Bertz CT molecular complexity index is 834. The van der Waals surface area contributed by atoms with E-state index in [4.69, 9.17) is 23.1 Å². The number of guanidine groups is 1. The lowest BCUT2D eigenvalue weighted by molar-refractivity contribution is 0.203. The van der Waals surface area contributed by atoms with Crippen LogP contribution in [0.5, 0.6) is 0 Å². The Labute approximate surface area is 151 Å². The Hall–Kier alpha value is -2.60. The molecule has 2 aromatic carbocycles. The van der Waals surface area contributed by atoms with Gasteiger partial charge < -0.3 is 16.4 Å². The standard InChI is InChI=1S/C17H16ClFN4O.CH4/c18-11-4-5-13(15(19)8-11)12-3-1-2-10-6-7-23(9-14(10)12)17(24)22-16(20)21;/h1-5,8H,6-7,9H2,(H4,20,21,22,24);1H4. The van der Waals surface area contributed by atoms with Crippen LogP contribution in [0.3, 0.4) is 0 Å². The highest BCUT2D eigenvalue weighted by Gasteiger charge is 2.23. The van der Waals surface area contributed by atoms with Crippen molar-refractivity contribution in [3.8, 4) is 11.1 Å². The number of amides is 2. The molecule has 0 radical (unpaired) electrons. The first kappa shape index (κ1) is 18.7. The van der Waals surface area contributed by atoms with E-state index in [0.29, 0.717) is 30.1 Å². The highest BCUT2D eigenvalue weighted by Crippen LogP contribution is 2.33. The second-order valence-electron chi connectivity index (χ2n) is 5.56. The van der Waals surface area contributed by atoms with Crippen molar-refractivity contribution >= 4 is 23.6 Å². The quantitative estimate of drug-likeness (QED) is 0.601. The molecule has 25 heavy (non-hydrogen) atoms. The van der Waals surface area contributed by atoms with Crippen LogP contribution in [-0.2, 0) is 13.0 Å². The second-order valence-corrected chi connectivity index (χ2v) is 5.99. The summed E-state index contributed by atoms with van der Waals surface area (Å²) in [5, 5.41) is 0.339. The summed E-state index contributed by atoms with van der Waals surface area (Å²) < 4.78 is 14.3. The summed E-state index contributed by atoms with van der Waals surface area (Å²) in [5.41, 5.74) is 13.7. The minimum Gasteiger partial charge on any atom is -0.370 e. The van der Waals surface area contributed by atoms with Crippen molar-refractivity contribution in [3.63, 3.8) is 0 Å². The number of carbonyl (C=O) groups is 1. The number of rotatable bonds is 1. The van der Waals surface area contributed by atoms with Gasteiger partial charge >= 0.3 is 6.03 Å². The van der Waals surface area contributed by atoms with Gasteiger partial charge in [0.05, 0.1) is 0 Å². The largest absolute Gasteiger partial charge is 0.370 e. The molecule has 3 rings (SSSR count). The molecule has 1 aliphatic rings. The van der Waals surface area contributed by atoms with Crippen LogP contribution in [0.4, 0.5) is 9.18 Å². The van der Waals surface area contributed by atoms with Crippen molar-refractivity contribution in [3.05, 3.63) is 58.4 Å². The van der Waals surface area contributed by atoms with Crippen LogP contribution >= 0.6 is 11.6 Å². The molecule has 2 aromatic rings. The topological polar surface area (TPSA) is 84.7 Å². The third kappa shape index (κ3) is 3.91. The number of fused-ring (bicyclic) bond motifs is 1. The van der Waals surface area contributed by atoms with Crippen LogP contribution < -0.4 is 11.5 Å². The van der Waals surface area contributed by atoms with Crippen LogP contribution in [0, 0.1) is 5.82 Å². The second kappa shape index (κ2) is 7.53. The first-order valence-corrected chi connectivity index (χ1v) is 7.78. The van der Waals surface area contributed by atoms with Gasteiger partial charge in [0.15, 0.2) is 5.96 Å². The molecule has 0 spiro atoms. The van der Waals surface area contributed by atoms with E-state index >= 15 is 0 Å². The van der Waals surface area contributed by atoms with Gasteiger partial charge in [0, 0.05) is 23.7 Å². The van der Waals surface area contributed by atoms with Gasteiger partial charge in [-0.05, 0) is 41.3 Å². The van der Waals surface area contributed by atoms with Crippen molar-refractivity contribution in [1.29, 1.82) is 0 Å². The zero-order valence-corrected chi connectivity index (χ0v) is 13.6. The lowest BCUT2D eigenvalue weighted by Crippen LogP contribution is -2.36. The fourth-order valence-electron chi connectivity index (χ4n) is 2.89. The van der Waals surface area contributed by atoms with Gasteiger partial charge in [-0.2, -0.15) is 4.99 Å². The van der Waals surface area contributed by atoms with Gasteiger partial charge in [0.2, 0.25) is 0 Å². The molecule has 0 atom stereocenters. The highest BCUT2D eigenvalue weighted by atomic mass is 35.5. The lowest BCUT2D eigenvalue weighted by Gasteiger charge is -2.29. The fourth-order valence-corrected chi connectivity index (χ4v) is 3.04. The number of hydrogen-bond donors (Lipinski definition) is 2. The van der Waals surface area contributed by atoms with Crippen molar-refractivity contribution < 1.29 is 9.18 Å². The van der Waals surface area contributed by atoms with Crippen molar-refractivity contribution in [2.45, 2.75) is 20.4 Å². The summed E-state index contributed by atoms with van der Waals surface area (Å²) in [4.78, 5) is 17.2. The molecule has 0 saturated carbocycles. The van der Waals surface area contributed by atoms with Crippen molar-refractivity contribution in [1.82, 2.24) is 4.90 Å². The smallest absolute Gasteiger partial charge is 0.347 e. The van der Waals surface area contributed by atoms with Crippen LogP contribution in [0.25, 0.3) is 11.1 Å². The summed E-state index contributed by atoms with van der Waals surface area (Å²) in [6.45, 7) is 0.832. The molecule has 7 heteroatoms. The maximum atomic E-state index is 14.3. The number of aliphatic imine (C=N–C) groups is 1. The van der Waals surface area contributed by atoms with Gasteiger partial charge in [-0.25, -0.2) is 9.18 Å². The predicted molar refractivity (Wildman–Crippen MR) is 98.9 cm³/mol. The predicted octanol–water partition coefficient (Wildman–Crippen LogP) is 3.53. The van der Waals surface area contributed by atoms with E-state index in [0.717, 1.165) is 16.7 Å². The first-order valence-electron chi connectivity index (χ1n) is 7.40. The van der Waals surface area contributed by atoms with Gasteiger partial charge in [-0.1, -0.05) is 37.2 Å². The Morgan fingerprint density at radius 2 is 1.96 bits per heavy atom. The normalized spacial score (nSPS) is 12.8. The molecule has 0 unspecified atom stereocenters. The van der Waals surface area contributed by atoms with E-state index in [1.54, 1.807) is 17.0 Å². The van der Waals surface area contributed by atoms with E-state index in [1.807, 2.05) is 18.2 Å². The number of hydrogen-bond acceptors (Lipinski definition) is 1. The highest BCUT2D eigenvalue weighted by molar-refractivity contribution is 6.30. The fraction of sp³-hybridized carbons (Fsp3) is 0.222. The molecule has 5 nitrogen and oxygen atoms in total. The summed E-state index contributed by atoms with van der Waals surface area (Å²) in [6, 6.07) is 9.77. The number of nitrogens with two attached hydrogens (primary N) is 2. The van der Waals surface area contributed by atoms with Gasteiger partial charge in [0.25, 0.3) is 0 Å². The Morgan fingerprint density at radius 1 is 1.20 bits per heavy atom. The van der Waals surface area contributed by atoms with E-state index < -0.39 is 11.8 Å². The molecule has 0 aromatic heterocycles. The molecule has 0 saturated heterocycles. The summed E-state index contributed by atoms with van der Waals surface area (Å²) >= 11 is 5.83. The molecule has 0 aliphatic carbocycles. The Balaban J connectivity index is 0.00000225. The van der Waals surface area contributed by atoms with Crippen LogP contribution in [0.1, 0.15) is 18.6 Å². The minimum absolute atomic E-state index is 0. The third-order valence-corrected chi connectivity index (χ3v) is 4.22. The lowest BCUT2D eigenvalue weighted by atomic mass is 9.91. The van der Waals surface area contributed by atoms with Gasteiger partial charge in [0.1, 0.15) is 5.82 Å². The summed E-state index contributed by atoms with van der Waals surface area (Å²) in [5.74, 6) is -0.675. The van der Waals surface area contributed by atoms with Crippen LogP contribution in [-0.4, -0.2) is 23.4 Å². The van der Waals surface area contributed by atoms with E-state index in [-0.39, 0.29) is 13.4 Å². The molecule has 132 valence electrons. The maximum absolute atomic E-state index is 14.3. The Kier molecular flexibility index (Phi) is 5.64. The summed E-state index contributed by atoms with van der Waals surface area (Å²) in [6.07, 6.45) is 0.657. The van der Waals surface area contributed by atoms with Crippen molar-refractivity contribution in [2.75, 3.05) is 6.54 Å². The zero-order chi connectivity index (χ0) is 17.3. The monoisotopic (exact) mass is 362 g/mol. The van der Waals surface area contributed by atoms with E-state index in [9.17, 15) is 9.18 Å². The van der Waals surface area contributed by atoms with Gasteiger partial charge in [-0.15, -0.1) is 0 Å². The molecular formula is C18H20ClFN4O. The number of urea groups is 1. The average molecular weight is 363 g/mol. The Morgan fingerprint density at radius 3 is 2.64 bits per heavy atom. The van der Waals surface area contributed by atoms with E-state index in [1.165, 1.54) is 6.07 Å². The third-order valence-electron chi connectivity index (χ3n) is 3.99. The zero-order valence-electron chi connectivity index (χ0n) is 12.8. The van der Waals surface area contributed by atoms with Crippen LogP contribution in [0.15, 0.2) is 41.4 Å². The SMILES string of the molecule is C.NC(N)=NC(=O)N1CCc2cccc(-c3ccc(Cl)cc3F)c2C1. The van der Waals surface area contributed by atoms with Gasteiger partial charge in [-0.3, -0.25) is 0 Å². The number of nitrogens with zero attached hydrogens (tertiary/aromatic N) is 2. The number of halogens is 2. The van der Waals surface area contributed by atoms with E-state index in [2.05, 4.69) is 4.99 Å². The molecule has 1 aliphatic heterocycles. The van der Waals surface area contributed by atoms with Crippen LogP contribution in [0.2, 0.25) is 5.02 Å². The summed E-state index contributed by atoms with van der Waals surface area (Å²) in [7, 11) is 0. The average Bonchev–Trinajstić information content (AvgIpc) is 2.53. The minimum atomic E-state index is -0.493. The molecule has 0 fully saturated rings. The molecular weight excluding hydrogens is 343 g/mol. The number of carbonyl (C=O) groups excluding carboxylic acids is 1. The molecule has 0 bridgehead atoms. The first-order chi connectivity index (χ1) is 11.5. The number of benzene rings is 2. The molecule has 1 heterocycles.